The summed E-state index contributed by atoms with van der Waals surface area (Å²) < 4.78 is 31.6. The van der Waals surface area contributed by atoms with E-state index in [1.807, 2.05) is 48.2 Å². The quantitative estimate of drug-likeness (QED) is 0.333. The third-order valence-corrected chi connectivity index (χ3v) is 12.9. The van der Waals surface area contributed by atoms with Crippen LogP contribution in [0.4, 0.5) is 15.3 Å². The molecule has 15 heteroatoms. The number of benzene rings is 2. The first-order chi connectivity index (χ1) is 24.9. The van der Waals surface area contributed by atoms with Crippen molar-refractivity contribution in [3.63, 3.8) is 0 Å². The summed E-state index contributed by atoms with van der Waals surface area (Å²) in [5.74, 6) is 0.583. The minimum Gasteiger partial charge on any atom is -0.436 e. The fourth-order valence-corrected chi connectivity index (χ4v) is 9.55. The second kappa shape index (κ2) is 14.9. The number of H-pyrrole nitrogens is 2. The van der Waals surface area contributed by atoms with E-state index in [0.717, 1.165) is 54.5 Å². The van der Waals surface area contributed by atoms with Crippen molar-refractivity contribution in [2.75, 3.05) is 57.4 Å². The van der Waals surface area contributed by atoms with Gasteiger partial charge in [0.25, 0.3) is 5.91 Å². The molecular weight excluding hydrogens is 687 g/mol. The Kier molecular flexibility index (Phi) is 10.3. The lowest BCUT2D eigenvalue weighted by Gasteiger charge is -2.40. The Morgan fingerprint density at radius 2 is 1.52 bits per heavy atom. The molecule has 3 N–H and O–H groups in total. The van der Waals surface area contributed by atoms with Crippen molar-refractivity contribution in [3.8, 4) is 0 Å². The van der Waals surface area contributed by atoms with Gasteiger partial charge in [-0.1, -0.05) is 24.3 Å². The van der Waals surface area contributed by atoms with E-state index >= 15 is 0 Å². The molecule has 7 rings (SSSR count). The number of ether oxygens (including phenoxy) is 1. The molecule has 1 aromatic heterocycles. The first-order valence-electron chi connectivity index (χ1n) is 18.5. The van der Waals surface area contributed by atoms with E-state index in [4.69, 9.17) is 4.74 Å². The summed E-state index contributed by atoms with van der Waals surface area (Å²) in [5.41, 5.74) is 4.56. The minimum atomic E-state index is -3.19. The van der Waals surface area contributed by atoms with Gasteiger partial charge < -0.3 is 34.7 Å². The maximum absolute atomic E-state index is 14.2. The molecule has 1 atom stereocenters. The molecule has 0 aliphatic carbocycles. The van der Waals surface area contributed by atoms with Gasteiger partial charge in [0.2, 0.25) is 10.0 Å². The Labute approximate surface area is 303 Å². The second-order valence-electron chi connectivity index (χ2n) is 14.9. The molecule has 3 fully saturated rings. The van der Waals surface area contributed by atoms with Gasteiger partial charge >= 0.3 is 17.8 Å². The van der Waals surface area contributed by atoms with Crippen molar-refractivity contribution >= 4 is 44.8 Å². The Morgan fingerprint density at radius 3 is 2.21 bits per heavy atom. The van der Waals surface area contributed by atoms with Gasteiger partial charge in [0.15, 0.2) is 6.10 Å². The van der Waals surface area contributed by atoms with Gasteiger partial charge in [0, 0.05) is 64.0 Å². The van der Waals surface area contributed by atoms with E-state index in [1.54, 1.807) is 14.1 Å². The number of aromatic amines is 2. The van der Waals surface area contributed by atoms with E-state index in [9.17, 15) is 27.6 Å². The number of aryl methyl sites for hydroxylation is 1. The first kappa shape index (κ1) is 36.0. The van der Waals surface area contributed by atoms with Gasteiger partial charge in [-0.15, -0.1) is 0 Å². The highest BCUT2D eigenvalue weighted by Crippen LogP contribution is 2.34. The van der Waals surface area contributed by atoms with E-state index in [2.05, 4.69) is 15.3 Å². The van der Waals surface area contributed by atoms with Crippen molar-refractivity contribution in [2.24, 2.45) is 11.8 Å². The number of imidazole rings is 1. The predicted octanol–water partition coefficient (Wildman–Crippen LogP) is 3.68. The molecule has 0 bridgehead atoms. The smallest absolute Gasteiger partial charge is 0.410 e. The number of hydrogen-bond acceptors (Lipinski definition) is 7. The van der Waals surface area contributed by atoms with E-state index in [1.165, 1.54) is 6.26 Å². The number of carbonyl (C=O) groups is 3. The van der Waals surface area contributed by atoms with Crippen LogP contribution in [0.3, 0.4) is 0 Å². The molecule has 52 heavy (non-hydrogen) atoms. The number of urea groups is 1. The lowest BCUT2D eigenvalue weighted by molar-refractivity contribution is -0.142. The molecule has 0 unspecified atom stereocenters. The average Bonchev–Trinajstić information content (AvgIpc) is 3.43. The number of amides is 4. The van der Waals surface area contributed by atoms with Crippen molar-refractivity contribution in [3.05, 3.63) is 63.6 Å². The SMILES string of the molecule is Cc1cc(C[C@@H](OC(=O)N2CCC(N3CCc4ccccc4NC3=O)CC2)C(=O)N2CCC(C3CCN(S(C)(=O)=O)CC3)CC2)cc2[nH]c(=O)[nH]c12. The number of likely N-dealkylation sites (tertiary alicyclic amines) is 2. The number of carbonyl (C=O) groups excluding carboxylic acids is 3. The zero-order valence-corrected chi connectivity index (χ0v) is 30.8. The van der Waals surface area contributed by atoms with Gasteiger partial charge in [-0.3, -0.25) is 4.79 Å². The molecule has 280 valence electrons. The van der Waals surface area contributed by atoms with Crippen molar-refractivity contribution in [2.45, 2.75) is 70.4 Å². The number of piperidine rings is 3. The lowest BCUT2D eigenvalue weighted by Crippen LogP contribution is -2.52. The molecule has 0 radical (unpaired) electrons. The summed E-state index contributed by atoms with van der Waals surface area (Å²) in [5, 5.41) is 3.04. The summed E-state index contributed by atoms with van der Waals surface area (Å²) in [6.45, 7) is 5.44. The maximum atomic E-state index is 14.2. The number of hydrogen-bond donors (Lipinski definition) is 3. The predicted molar refractivity (Wildman–Crippen MR) is 197 cm³/mol. The molecule has 4 aliphatic rings. The number of nitrogens with one attached hydrogen (secondary N) is 3. The minimum absolute atomic E-state index is 0.0195. The summed E-state index contributed by atoms with van der Waals surface area (Å²) in [4.78, 5) is 63.9. The highest BCUT2D eigenvalue weighted by molar-refractivity contribution is 7.88. The molecule has 14 nitrogen and oxygen atoms in total. The molecular formula is C37H49N7O7S. The van der Waals surface area contributed by atoms with Crippen LogP contribution in [0, 0.1) is 18.8 Å². The zero-order chi connectivity index (χ0) is 36.6. The number of fused-ring (bicyclic) bond motifs is 2. The maximum Gasteiger partial charge on any atom is 0.410 e. The fraction of sp³-hybridized carbons (Fsp3) is 0.568. The molecule has 0 saturated carbocycles. The summed E-state index contributed by atoms with van der Waals surface area (Å²) in [6.07, 6.45) is 5.03. The molecule has 4 amide bonds. The van der Waals surface area contributed by atoms with Crippen LogP contribution in [0.2, 0.25) is 0 Å². The number of nitrogens with zero attached hydrogens (tertiary/aromatic N) is 4. The van der Waals surface area contributed by atoms with Gasteiger partial charge in [-0.05, 0) is 92.5 Å². The summed E-state index contributed by atoms with van der Waals surface area (Å²) >= 11 is 0. The largest absolute Gasteiger partial charge is 0.436 e. The third-order valence-electron chi connectivity index (χ3n) is 11.6. The summed E-state index contributed by atoms with van der Waals surface area (Å²) in [6, 6.07) is 11.4. The van der Waals surface area contributed by atoms with Crippen LogP contribution in [0.25, 0.3) is 11.0 Å². The molecule has 5 heterocycles. The number of rotatable bonds is 7. The Hall–Kier alpha value is -4.37. The van der Waals surface area contributed by atoms with Crippen molar-refractivity contribution in [1.29, 1.82) is 0 Å². The molecule has 0 spiro atoms. The number of sulfonamides is 1. The number of aromatic nitrogens is 2. The lowest BCUT2D eigenvalue weighted by atomic mass is 9.79. The Morgan fingerprint density at radius 1 is 0.865 bits per heavy atom. The number of anilines is 1. The molecule has 3 aromatic rings. The van der Waals surface area contributed by atoms with Gasteiger partial charge in [-0.25, -0.2) is 27.1 Å². The van der Waals surface area contributed by atoms with Crippen LogP contribution in [-0.4, -0.2) is 120 Å². The van der Waals surface area contributed by atoms with Crippen LogP contribution in [-0.2, 0) is 32.4 Å². The van der Waals surface area contributed by atoms with Crippen molar-refractivity contribution in [1.82, 2.24) is 29.0 Å². The average molecular weight is 736 g/mol. The fourth-order valence-electron chi connectivity index (χ4n) is 8.67. The highest BCUT2D eigenvalue weighted by atomic mass is 32.2. The van der Waals surface area contributed by atoms with Crippen LogP contribution in [0.1, 0.15) is 55.2 Å². The van der Waals surface area contributed by atoms with Crippen molar-refractivity contribution < 1.29 is 27.5 Å². The van der Waals surface area contributed by atoms with E-state index in [-0.39, 0.29) is 30.1 Å². The van der Waals surface area contributed by atoms with E-state index < -0.39 is 22.2 Å². The third kappa shape index (κ3) is 7.85. The standard InChI is InChI=1S/C37H49N7O7S/c1-24-21-25(22-31-33(24)40-35(46)38-31)23-32(34(45)41-14-7-26(8-15-41)27-9-18-43(19-10-27)52(2,49)50)51-37(48)42-16-12-29(13-17-42)44-20-11-28-5-3-4-6-30(28)39-36(44)47/h3-6,21-22,26-27,29,32H,7-20,23H2,1-2H3,(H,39,47)(H2,38,40,46)/t32-/m1/s1. The van der Waals surface area contributed by atoms with Crippen LogP contribution < -0.4 is 11.0 Å². The molecule has 4 aliphatic heterocycles. The normalized spacial score (nSPS) is 20.7. The monoisotopic (exact) mass is 735 g/mol. The van der Waals surface area contributed by atoms with E-state index in [0.29, 0.717) is 81.5 Å². The highest BCUT2D eigenvalue weighted by Gasteiger charge is 2.37. The van der Waals surface area contributed by atoms with Gasteiger partial charge in [0.1, 0.15) is 0 Å². The Balaban J connectivity index is 0.997. The van der Waals surface area contributed by atoms with Crippen LogP contribution in [0.15, 0.2) is 41.2 Å². The topological polar surface area (TPSA) is 168 Å². The summed E-state index contributed by atoms with van der Waals surface area (Å²) in [7, 11) is -3.19. The second-order valence-corrected chi connectivity index (χ2v) is 16.9. The van der Waals surface area contributed by atoms with Gasteiger partial charge in [-0.2, -0.15) is 0 Å². The van der Waals surface area contributed by atoms with Crippen LogP contribution in [0.5, 0.6) is 0 Å². The van der Waals surface area contributed by atoms with Crippen LogP contribution >= 0.6 is 0 Å². The first-order valence-corrected chi connectivity index (χ1v) is 20.3. The van der Waals surface area contributed by atoms with Gasteiger partial charge in [0.05, 0.1) is 17.3 Å². The molecule has 3 saturated heterocycles. The number of para-hydroxylation sites is 1. The Bertz CT molecular complexity index is 1970. The zero-order valence-electron chi connectivity index (χ0n) is 29.9. The molecule has 2 aromatic carbocycles.